The number of nitrogens with one attached hydrogen (secondary N) is 2. The van der Waals surface area contributed by atoms with Crippen LogP contribution in [-0.4, -0.2) is 60.0 Å². The van der Waals surface area contributed by atoms with Gasteiger partial charge in [-0.25, -0.2) is 0 Å². The molecule has 2 N–H and O–H groups in total. The van der Waals surface area contributed by atoms with Crippen molar-refractivity contribution in [2.45, 2.75) is 64.2 Å². The number of fused-ring (bicyclic) bond motifs is 1. The van der Waals surface area contributed by atoms with Gasteiger partial charge in [-0.15, -0.1) is 0 Å². The largest absolute Gasteiger partial charge is 0.466 e. The number of amides is 2. The molecule has 2 aliphatic rings. The number of carbonyl (C=O) groups is 3. The van der Waals surface area contributed by atoms with Crippen LogP contribution >= 0.6 is 0 Å². The van der Waals surface area contributed by atoms with Gasteiger partial charge in [0, 0.05) is 12.6 Å². The predicted octanol–water partition coefficient (Wildman–Crippen LogP) is 1.26. The number of benzene rings is 1. The van der Waals surface area contributed by atoms with Gasteiger partial charge >= 0.3 is 5.97 Å². The van der Waals surface area contributed by atoms with E-state index >= 15 is 0 Å². The van der Waals surface area contributed by atoms with Crippen LogP contribution in [0.25, 0.3) is 0 Å². The van der Waals surface area contributed by atoms with Crippen LogP contribution in [0.3, 0.4) is 0 Å². The molecule has 0 bridgehead atoms. The van der Waals surface area contributed by atoms with Crippen LogP contribution < -0.4 is 10.6 Å². The smallest absolute Gasteiger partial charge is 0.307 e. The van der Waals surface area contributed by atoms with Crippen LogP contribution in [0.5, 0.6) is 0 Å². The molecule has 5 atom stereocenters. The van der Waals surface area contributed by atoms with E-state index in [4.69, 9.17) is 4.74 Å². The van der Waals surface area contributed by atoms with E-state index in [0.29, 0.717) is 19.6 Å². The van der Waals surface area contributed by atoms with Gasteiger partial charge in [0.05, 0.1) is 25.1 Å². The van der Waals surface area contributed by atoms with Crippen LogP contribution in [0.4, 0.5) is 0 Å². The van der Waals surface area contributed by atoms with Gasteiger partial charge < -0.3 is 15.0 Å². The number of nitrogens with zero attached hydrogens (tertiary/aromatic N) is 1. The molecule has 2 aliphatic heterocycles. The maximum absolute atomic E-state index is 13.0. The van der Waals surface area contributed by atoms with E-state index in [1.54, 1.807) is 11.8 Å². The molecule has 29 heavy (non-hydrogen) atoms. The number of piperazine rings is 1. The summed E-state index contributed by atoms with van der Waals surface area (Å²) in [6.07, 6.45) is 1.54. The Labute approximate surface area is 172 Å². The molecule has 2 saturated heterocycles. The van der Waals surface area contributed by atoms with Crippen molar-refractivity contribution in [1.82, 2.24) is 15.5 Å². The lowest BCUT2D eigenvalue weighted by molar-refractivity contribution is -0.144. The first-order chi connectivity index (χ1) is 13.9. The van der Waals surface area contributed by atoms with Gasteiger partial charge in [-0.2, -0.15) is 0 Å². The van der Waals surface area contributed by atoms with Crippen molar-refractivity contribution >= 4 is 17.8 Å². The first-order valence-corrected chi connectivity index (χ1v) is 10.5. The summed E-state index contributed by atoms with van der Waals surface area (Å²) in [6.45, 7) is 6.74. The van der Waals surface area contributed by atoms with E-state index in [-0.39, 0.29) is 42.2 Å². The molecule has 0 aromatic heterocycles. The molecular weight excluding hydrogens is 370 g/mol. The Morgan fingerprint density at radius 1 is 1.28 bits per heavy atom. The lowest BCUT2D eigenvalue weighted by Gasteiger charge is -2.32. The number of rotatable bonds is 9. The van der Waals surface area contributed by atoms with Crippen molar-refractivity contribution in [2.24, 2.45) is 5.92 Å². The predicted molar refractivity (Wildman–Crippen MR) is 109 cm³/mol. The van der Waals surface area contributed by atoms with Gasteiger partial charge in [-0.1, -0.05) is 50.6 Å². The second-order valence-electron chi connectivity index (χ2n) is 7.95. The average molecular weight is 402 g/mol. The van der Waals surface area contributed by atoms with Gasteiger partial charge in [0.15, 0.2) is 0 Å². The normalized spacial score (nSPS) is 25.0. The fraction of sp³-hybridized carbons (Fsp3) is 0.591. The SMILES string of the molecule is CCOC(=O)C[C@@H](NC(=O)C1N[C@@H](Cc2ccccc2)C(=O)N2C[C@@H]12)[C@@H](C)CC. The molecule has 158 valence electrons. The maximum Gasteiger partial charge on any atom is 0.307 e. The quantitative estimate of drug-likeness (QED) is 0.481. The van der Waals surface area contributed by atoms with Crippen molar-refractivity contribution < 1.29 is 19.1 Å². The molecule has 0 spiro atoms. The molecule has 1 aromatic carbocycles. The molecule has 2 fully saturated rings. The van der Waals surface area contributed by atoms with Gasteiger partial charge in [0.1, 0.15) is 6.04 Å². The highest BCUT2D eigenvalue weighted by Gasteiger charge is 2.54. The molecule has 2 heterocycles. The Balaban J connectivity index is 1.65. The minimum Gasteiger partial charge on any atom is -0.466 e. The third kappa shape index (κ3) is 5.15. The molecule has 0 radical (unpaired) electrons. The highest BCUT2D eigenvalue weighted by molar-refractivity contribution is 5.92. The molecule has 0 saturated carbocycles. The van der Waals surface area contributed by atoms with Crippen LogP contribution in [0.2, 0.25) is 0 Å². The standard InChI is InChI=1S/C22H31N3O4/c1-4-14(3)16(12-19(26)29-5-2)24-21(27)20-18-13-25(18)22(28)17(23-20)11-15-9-7-6-8-10-15/h6-10,14,16-18,20,23H,4-5,11-13H2,1-3H3,(H,24,27)/t14-,16+,17-,18-,20?,25?/m0/s1. The fourth-order valence-electron chi connectivity index (χ4n) is 3.89. The zero-order chi connectivity index (χ0) is 21.0. The average Bonchev–Trinajstić information content (AvgIpc) is 3.51. The van der Waals surface area contributed by atoms with Gasteiger partial charge in [0.2, 0.25) is 11.8 Å². The summed E-state index contributed by atoms with van der Waals surface area (Å²) < 4.78 is 5.06. The number of ether oxygens (including phenoxy) is 1. The topological polar surface area (TPSA) is 87.5 Å². The van der Waals surface area contributed by atoms with Crippen LogP contribution in [0, 0.1) is 5.92 Å². The zero-order valence-corrected chi connectivity index (χ0v) is 17.4. The lowest BCUT2D eigenvalue weighted by atomic mass is 9.95. The van der Waals surface area contributed by atoms with Crippen LogP contribution in [0.1, 0.15) is 39.2 Å². The molecule has 0 aliphatic carbocycles. The van der Waals surface area contributed by atoms with E-state index in [0.717, 1.165) is 12.0 Å². The van der Waals surface area contributed by atoms with Crippen molar-refractivity contribution in [3.05, 3.63) is 35.9 Å². The van der Waals surface area contributed by atoms with Crippen molar-refractivity contribution in [3.8, 4) is 0 Å². The third-order valence-corrected chi connectivity index (χ3v) is 5.91. The van der Waals surface area contributed by atoms with E-state index in [1.165, 1.54) is 0 Å². The van der Waals surface area contributed by atoms with E-state index < -0.39 is 12.1 Å². The first kappa shape index (κ1) is 21.3. The Morgan fingerprint density at radius 2 is 2.00 bits per heavy atom. The Bertz CT molecular complexity index is 739. The monoisotopic (exact) mass is 401 g/mol. The summed E-state index contributed by atoms with van der Waals surface area (Å²) in [5, 5.41) is 6.31. The maximum atomic E-state index is 13.0. The van der Waals surface area contributed by atoms with Crippen molar-refractivity contribution in [2.75, 3.05) is 13.2 Å². The molecule has 1 unspecified atom stereocenters. The third-order valence-electron chi connectivity index (χ3n) is 5.91. The van der Waals surface area contributed by atoms with Crippen LogP contribution in [-0.2, 0) is 25.5 Å². The van der Waals surface area contributed by atoms with Crippen molar-refractivity contribution in [3.63, 3.8) is 0 Å². The summed E-state index contributed by atoms with van der Waals surface area (Å²) in [7, 11) is 0. The summed E-state index contributed by atoms with van der Waals surface area (Å²) in [5.41, 5.74) is 1.05. The van der Waals surface area contributed by atoms with E-state index in [2.05, 4.69) is 10.6 Å². The first-order valence-electron chi connectivity index (χ1n) is 10.5. The summed E-state index contributed by atoms with van der Waals surface area (Å²) in [5.74, 6) is -0.269. The lowest BCUT2D eigenvalue weighted by Crippen LogP contribution is -2.61. The highest BCUT2D eigenvalue weighted by Crippen LogP contribution is 2.28. The summed E-state index contributed by atoms with van der Waals surface area (Å²) in [4.78, 5) is 39.4. The fourth-order valence-corrected chi connectivity index (χ4v) is 3.89. The number of hydrogen-bond donors (Lipinski definition) is 2. The van der Waals surface area contributed by atoms with Gasteiger partial charge in [0.25, 0.3) is 0 Å². The number of hydrogen-bond acceptors (Lipinski definition) is 5. The molecule has 7 nitrogen and oxygen atoms in total. The summed E-state index contributed by atoms with van der Waals surface area (Å²) >= 11 is 0. The van der Waals surface area contributed by atoms with E-state index in [1.807, 2.05) is 44.2 Å². The Morgan fingerprint density at radius 3 is 2.66 bits per heavy atom. The second-order valence-corrected chi connectivity index (χ2v) is 7.95. The molecule has 1 aromatic rings. The molecular formula is C22H31N3O4. The minimum atomic E-state index is -0.463. The number of carbonyl (C=O) groups excluding carboxylic acids is 3. The second kappa shape index (κ2) is 9.39. The minimum absolute atomic E-state index is 0.0490. The Hall–Kier alpha value is -2.41. The zero-order valence-electron chi connectivity index (χ0n) is 17.4. The summed E-state index contributed by atoms with van der Waals surface area (Å²) in [6, 6.07) is 8.52. The van der Waals surface area contributed by atoms with Crippen molar-refractivity contribution in [1.29, 1.82) is 0 Å². The Kier molecular flexibility index (Phi) is 6.90. The van der Waals surface area contributed by atoms with E-state index in [9.17, 15) is 14.4 Å². The molecule has 2 amide bonds. The van der Waals surface area contributed by atoms with Gasteiger partial charge in [-0.3, -0.25) is 19.7 Å². The van der Waals surface area contributed by atoms with Crippen LogP contribution in [0.15, 0.2) is 30.3 Å². The molecule has 3 rings (SSSR count). The molecule has 7 heteroatoms. The highest BCUT2D eigenvalue weighted by atomic mass is 16.5. The number of esters is 1. The van der Waals surface area contributed by atoms with Gasteiger partial charge in [-0.05, 0) is 24.8 Å².